The summed E-state index contributed by atoms with van der Waals surface area (Å²) < 4.78 is 0. The van der Waals surface area contributed by atoms with E-state index in [4.69, 9.17) is 5.73 Å². The fourth-order valence-electron chi connectivity index (χ4n) is 2.73. The number of nitrogens with two attached hydrogens (primary N) is 1. The monoisotopic (exact) mass is 216 g/mol. The Morgan fingerprint density at radius 3 is 2.94 bits per heavy atom. The Hall–Kier alpha value is -1.02. The summed E-state index contributed by atoms with van der Waals surface area (Å²) in [7, 11) is 2.20. The first kappa shape index (κ1) is 10.2. The Morgan fingerprint density at radius 1 is 1.38 bits per heavy atom. The summed E-state index contributed by atoms with van der Waals surface area (Å²) in [5.74, 6) is 0. The van der Waals surface area contributed by atoms with Gasteiger partial charge in [-0.1, -0.05) is 18.2 Å². The molecule has 2 heteroatoms. The van der Waals surface area contributed by atoms with Crippen molar-refractivity contribution in [1.82, 2.24) is 0 Å². The molecule has 1 fully saturated rings. The van der Waals surface area contributed by atoms with Crippen LogP contribution in [0.5, 0.6) is 0 Å². The molecule has 1 aliphatic carbocycles. The van der Waals surface area contributed by atoms with Gasteiger partial charge in [-0.2, -0.15) is 0 Å². The van der Waals surface area contributed by atoms with Crippen LogP contribution in [0.3, 0.4) is 0 Å². The largest absolute Gasteiger partial charge is 0.374 e. The molecular formula is C14H20N2. The minimum absolute atomic E-state index is 0.180. The maximum absolute atomic E-state index is 6.16. The van der Waals surface area contributed by atoms with Crippen molar-refractivity contribution in [2.24, 2.45) is 5.73 Å². The fourth-order valence-corrected chi connectivity index (χ4v) is 2.73. The molecule has 0 saturated heterocycles. The van der Waals surface area contributed by atoms with E-state index < -0.39 is 0 Å². The van der Waals surface area contributed by atoms with Gasteiger partial charge in [-0.3, -0.25) is 0 Å². The third-order valence-corrected chi connectivity index (χ3v) is 4.09. The van der Waals surface area contributed by atoms with Crippen molar-refractivity contribution in [3.05, 3.63) is 29.3 Å². The summed E-state index contributed by atoms with van der Waals surface area (Å²) >= 11 is 0. The van der Waals surface area contributed by atoms with E-state index in [1.165, 1.54) is 42.6 Å². The summed E-state index contributed by atoms with van der Waals surface area (Å²) in [6.07, 6.45) is 5.93. The molecule has 1 aliphatic heterocycles. The third kappa shape index (κ3) is 1.71. The Morgan fingerprint density at radius 2 is 2.19 bits per heavy atom. The van der Waals surface area contributed by atoms with Gasteiger partial charge in [0.2, 0.25) is 0 Å². The van der Waals surface area contributed by atoms with Gasteiger partial charge in [0.1, 0.15) is 0 Å². The number of para-hydroxylation sites is 1. The van der Waals surface area contributed by atoms with Crippen LogP contribution in [0.1, 0.15) is 30.4 Å². The number of hydrogen-bond acceptors (Lipinski definition) is 2. The Labute approximate surface area is 97.4 Å². The van der Waals surface area contributed by atoms with Gasteiger partial charge >= 0.3 is 0 Å². The smallest absolute Gasteiger partial charge is 0.0429 e. The maximum Gasteiger partial charge on any atom is 0.0429 e. The predicted molar refractivity (Wildman–Crippen MR) is 67.9 cm³/mol. The molecule has 0 bridgehead atoms. The van der Waals surface area contributed by atoms with Crippen LogP contribution >= 0.6 is 0 Å². The van der Waals surface area contributed by atoms with E-state index in [-0.39, 0.29) is 5.54 Å². The first-order valence-electron chi connectivity index (χ1n) is 6.29. The van der Waals surface area contributed by atoms with E-state index >= 15 is 0 Å². The van der Waals surface area contributed by atoms with Crippen LogP contribution < -0.4 is 10.6 Å². The van der Waals surface area contributed by atoms with Gasteiger partial charge in [0.25, 0.3) is 0 Å². The minimum Gasteiger partial charge on any atom is -0.374 e. The first-order chi connectivity index (χ1) is 7.68. The van der Waals surface area contributed by atoms with Crippen molar-refractivity contribution in [2.75, 3.05) is 18.5 Å². The lowest BCUT2D eigenvalue weighted by Crippen LogP contribution is -2.22. The van der Waals surface area contributed by atoms with Crippen LogP contribution in [0.4, 0.5) is 5.69 Å². The average Bonchev–Trinajstić information content (AvgIpc) is 2.90. The first-order valence-corrected chi connectivity index (χ1v) is 6.29. The van der Waals surface area contributed by atoms with E-state index in [0.717, 1.165) is 12.8 Å². The van der Waals surface area contributed by atoms with Gasteiger partial charge in [-0.25, -0.2) is 0 Å². The normalized spacial score (nSPS) is 21.0. The van der Waals surface area contributed by atoms with Crippen molar-refractivity contribution in [2.45, 2.75) is 37.6 Å². The van der Waals surface area contributed by atoms with Crippen LogP contribution in [0.15, 0.2) is 18.2 Å². The number of aryl methyl sites for hydroxylation is 1. The van der Waals surface area contributed by atoms with Crippen molar-refractivity contribution in [1.29, 1.82) is 0 Å². The SMILES string of the molecule is CN1CCc2cccc(CCC3(N)CC3)c21. The molecule has 2 nitrogen and oxygen atoms in total. The average molecular weight is 216 g/mol. The summed E-state index contributed by atoms with van der Waals surface area (Å²) in [6, 6.07) is 6.73. The molecule has 0 atom stereocenters. The second kappa shape index (κ2) is 3.49. The zero-order valence-electron chi connectivity index (χ0n) is 10.00. The predicted octanol–water partition coefficient (Wildman–Crippen LogP) is 2.10. The van der Waals surface area contributed by atoms with Crippen LogP contribution in [0, 0.1) is 0 Å². The summed E-state index contributed by atoms with van der Waals surface area (Å²) in [5.41, 5.74) is 10.8. The van der Waals surface area contributed by atoms with Crippen LogP contribution in [0.2, 0.25) is 0 Å². The van der Waals surface area contributed by atoms with Crippen molar-refractivity contribution >= 4 is 5.69 Å². The standard InChI is InChI=1S/C14H20N2/c1-16-10-6-12-4-2-3-11(13(12)16)5-7-14(15)8-9-14/h2-4H,5-10,15H2,1H3. The lowest BCUT2D eigenvalue weighted by molar-refractivity contribution is 0.609. The summed E-state index contributed by atoms with van der Waals surface area (Å²) in [4.78, 5) is 2.39. The van der Waals surface area contributed by atoms with Gasteiger partial charge in [-0.05, 0) is 43.2 Å². The number of nitrogens with zero attached hydrogens (tertiary/aromatic N) is 1. The molecule has 0 radical (unpaired) electrons. The van der Waals surface area contributed by atoms with Crippen LogP contribution in [-0.2, 0) is 12.8 Å². The Bertz CT molecular complexity index is 407. The highest BCUT2D eigenvalue weighted by molar-refractivity contribution is 5.62. The summed E-state index contributed by atoms with van der Waals surface area (Å²) in [6.45, 7) is 1.17. The van der Waals surface area contributed by atoms with Crippen LogP contribution in [0.25, 0.3) is 0 Å². The molecule has 0 spiro atoms. The molecule has 3 rings (SSSR count). The topological polar surface area (TPSA) is 29.3 Å². The number of anilines is 1. The van der Waals surface area contributed by atoms with E-state index in [0.29, 0.717) is 0 Å². The molecule has 16 heavy (non-hydrogen) atoms. The Balaban J connectivity index is 1.81. The zero-order valence-corrected chi connectivity index (χ0v) is 10.00. The zero-order chi connectivity index (χ0) is 11.2. The minimum atomic E-state index is 0.180. The highest BCUT2D eigenvalue weighted by atomic mass is 15.1. The molecule has 1 aromatic carbocycles. The maximum atomic E-state index is 6.16. The van der Waals surface area contributed by atoms with E-state index in [1.807, 2.05) is 0 Å². The van der Waals surface area contributed by atoms with Crippen LogP contribution in [-0.4, -0.2) is 19.1 Å². The molecule has 1 aromatic rings. The van der Waals surface area contributed by atoms with Crippen molar-refractivity contribution < 1.29 is 0 Å². The molecule has 1 saturated carbocycles. The highest BCUT2D eigenvalue weighted by Crippen LogP contribution is 2.38. The van der Waals surface area contributed by atoms with Gasteiger partial charge in [0.05, 0.1) is 0 Å². The van der Waals surface area contributed by atoms with Gasteiger partial charge in [-0.15, -0.1) is 0 Å². The second-order valence-electron chi connectivity index (χ2n) is 5.46. The van der Waals surface area contributed by atoms with Crippen molar-refractivity contribution in [3.8, 4) is 0 Å². The van der Waals surface area contributed by atoms with E-state index in [9.17, 15) is 0 Å². The number of likely N-dealkylation sites (N-methyl/N-ethyl adjacent to an activating group) is 1. The number of rotatable bonds is 3. The molecule has 86 valence electrons. The second-order valence-corrected chi connectivity index (χ2v) is 5.46. The summed E-state index contributed by atoms with van der Waals surface area (Å²) in [5, 5.41) is 0. The number of hydrogen-bond donors (Lipinski definition) is 1. The van der Waals surface area contributed by atoms with Gasteiger partial charge in [0, 0.05) is 24.8 Å². The molecular weight excluding hydrogens is 196 g/mol. The molecule has 0 unspecified atom stereocenters. The third-order valence-electron chi connectivity index (χ3n) is 4.09. The van der Waals surface area contributed by atoms with E-state index in [2.05, 4.69) is 30.1 Å². The molecule has 0 aromatic heterocycles. The quantitative estimate of drug-likeness (QED) is 0.838. The molecule has 2 aliphatic rings. The number of benzene rings is 1. The molecule has 1 heterocycles. The molecule has 0 amide bonds. The highest BCUT2D eigenvalue weighted by Gasteiger charge is 2.37. The Kier molecular flexibility index (Phi) is 2.21. The van der Waals surface area contributed by atoms with Crippen molar-refractivity contribution in [3.63, 3.8) is 0 Å². The lowest BCUT2D eigenvalue weighted by Gasteiger charge is -2.18. The van der Waals surface area contributed by atoms with Gasteiger partial charge < -0.3 is 10.6 Å². The van der Waals surface area contributed by atoms with Gasteiger partial charge in [0.15, 0.2) is 0 Å². The molecule has 2 N–H and O–H groups in total. The fraction of sp³-hybridized carbons (Fsp3) is 0.571. The lowest BCUT2D eigenvalue weighted by atomic mass is 10.00. The number of fused-ring (bicyclic) bond motifs is 1. The van der Waals surface area contributed by atoms with E-state index in [1.54, 1.807) is 0 Å².